The average molecular weight is 262 g/mol. The summed E-state index contributed by atoms with van der Waals surface area (Å²) in [5, 5.41) is 2.85. The van der Waals surface area contributed by atoms with Crippen molar-refractivity contribution in [2.24, 2.45) is 0 Å². The van der Waals surface area contributed by atoms with E-state index < -0.39 is 0 Å². The molecule has 0 radical (unpaired) electrons. The van der Waals surface area contributed by atoms with Crippen LogP contribution in [0.2, 0.25) is 0 Å². The number of amides is 2. The van der Waals surface area contributed by atoms with Crippen molar-refractivity contribution >= 4 is 18.8 Å². The highest BCUT2D eigenvalue weighted by molar-refractivity contribution is 7.78. The molecule has 6 heteroatoms. The second kappa shape index (κ2) is 9.56. The van der Waals surface area contributed by atoms with Crippen LogP contribution in [0.3, 0.4) is 0 Å². The molecule has 0 aliphatic rings. The maximum atomic E-state index is 11.6. The highest BCUT2D eigenvalue weighted by Gasteiger charge is 2.08. The molecule has 0 aromatic carbocycles. The van der Waals surface area contributed by atoms with Gasteiger partial charge in [-0.25, -0.2) is 4.79 Å². The number of carbonyl (C=O) groups excluding carboxylic acids is 1. The van der Waals surface area contributed by atoms with Crippen LogP contribution in [0, 0.1) is 0 Å². The summed E-state index contributed by atoms with van der Waals surface area (Å²) in [6, 6.07) is -0.106. The predicted octanol–water partition coefficient (Wildman–Crippen LogP) is 0.746. The molecule has 0 aromatic rings. The van der Waals surface area contributed by atoms with Crippen molar-refractivity contribution in [2.75, 3.05) is 54.4 Å². The molecule has 0 aromatic heterocycles. The number of nitrogens with one attached hydrogen (secondary N) is 1. The first-order valence-corrected chi connectivity index (χ1v) is 6.37. The van der Waals surface area contributed by atoms with Gasteiger partial charge in [-0.15, -0.1) is 0 Å². The van der Waals surface area contributed by atoms with Gasteiger partial charge in [0.05, 0.1) is 0 Å². The van der Waals surface area contributed by atoms with Gasteiger partial charge in [0.15, 0.2) is 0 Å². The highest BCUT2D eigenvalue weighted by Crippen LogP contribution is 1.97. The van der Waals surface area contributed by atoms with E-state index in [0.29, 0.717) is 13.1 Å². The van der Waals surface area contributed by atoms with Crippen LogP contribution in [0.1, 0.15) is 12.8 Å². The Morgan fingerprint density at radius 3 is 2.06 bits per heavy atom. The minimum atomic E-state index is -0.106. The van der Waals surface area contributed by atoms with Crippen LogP contribution in [-0.2, 0) is 0 Å². The summed E-state index contributed by atoms with van der Waals surface area (Å²) in [7, 11) is 8.08. The van der Waals surface area contributed by atoms with Gasteiger partial charge in [0.25, 0.3) is 0 Å². The van der Waals surface area contributed by atoms with Gasteiger partial charge in [0.1, 0.15) is 0 Å². The van der Waals surface area contributed by atoms with Gasteiger partial charge >= 0.3 is 6.03 Å². The zero-order chi connectivity index (χ0) is 13.3. The van der Waals surface area contributed by atoms with Gasteiger partial charge in [0, 0.05) is 13.1 Å². The first-order valence-electron chi connectivity index (χ1n) is 5.97. The summed E-state index contributed by atoms with van der Waals surface area (Å²) in [6.07, 6.45) is 1.89. The van der Waals surface area contributed by atoms with E-state index in [4.69, 9.17) is 0 Å². The number of carbonyl (C=O) groups is 1. The SMILES string of the molecule is CN(C)CCCNC(=O)N(S)CCCN(C)C. The Hall–Kier alpha value is -0.460. The zero-order valence-electron chi connectivity index (χ0n) is 11.4. The molecule has 0 aliphatic carbocycles. The number of hydrogen-bond donors (Lipinski definition) is 2. The van der Waals surface area contributed by atoms with Crippen molar-refractivity contribution < 1.29 is 4.79 Å². The Labute approximate surface area is 111 Å². The largest absolute Gasteiger partial charge is 0.337 e. The van der Waals surface area contributed by atoms with Gasteiger partial charge in [0.2, 0.25) is 0 Å². The maximum Gasteiger partial charge on any atom is 0.327 e. The molecule has 102 valence electrons. The second-order valence-corrected chi connectivity index (χ2v) is 5.15. The molecule has 0 saturated carbocycles. The summed E-state index contributed by atoms with van der Waals surface area (Å²) in [6.45, 7) is 3.31. The molecule has 0 aliphatic heterocycles. The molecule has 5 nitrogen and oxygen atoms in total. The molecule has 0 atom stereocenters. The lowest BCUT2D eigenvalue weighted by Crippen LogP contribution is -2.36. The minimum absolute atomic E-state index is 0.106. The molecular formula is C11H26N4OS. The summed E-state index contributed by atoms with van der Waals surface area (Å²) in [5.41, 5.74) is 0. The van der Waals surface area contributed by atoms with Crippen LogP contribution in [0.5, 0.6) is 0 Å². The molecule has 0 unspecified atom stereocenters. The molecular weight excluding hydrogens is 236 g/mol. The zero-order valence-corrected chi connectivity index (χ0v) is 12.3. The summed E-state index contributed by atoms with van der Waals surface area (Å²) in [4.78, 5) is 15.8. The molecule has 0 rings (SSSR count). The standard InChI is InChI=1S/C11H26N4OS/c1-13(2)8-5-7-12-11(16)15(17)10-6-9-14(3)4/h17H,5-10H2,1-4H3,(H,12,16). The van der Waals surface area contributed by atoms with Crippen LogP contribution in [0.25, 0.3) is 0 Å². The lowest BCUT2D eigenvalue weighted by molar-refractivity contribution is 0.224. The van der Waals surface area contributed by atoms with Crippen molar-refractivity contribution in [3.05, 3.63) is 0 Å². The Morgan fingerprint density at radius 1 is 1.00 bits per heavy atom. The Balaban J connectivity index is 3.53. The van der Waals surface area contributed by atoms with E-state index in [1.807, 2.05) is 28.2 Å². The molecule has 2 amide bonds. The van der Waals surface area contributed by atoms with Gasteiger partial charge < -0.3 is 15.1 Å². The third kappa shape index (κ3) is 10.4. The maximum absolute atomic E-state index is 11.6. The molecule has 0 saturated heterocycles. The molecule has 1 N–H and O–H groups in total. The Bertz CT molecular complexity index is 212. The number of thiol groups is 1. The molecule has 17 heavy (non-hydrogen) atoms. The molecule has 0 spiro atoms. The van der Waals surface area contributed by atoms with E-state index in [0.717, 1.165) is 25.9 Å². The van der Waals surface area contributed by atoms with Gasteiger partial charge in [-0.3, -0.25) is 4.31 Å². The lowest BCUT2D eigenvalue weighted by Gasteiger charge is -2.18. The second-order valence-electron chi connectivity index (χ2n) is 4.67. The molecule has 0 bridgehead atoms. The van der Waals surface area contributed by atoms with Gasteiger partial charge in [-0.1, -0.05) is 12.8 Å². The lowest BCUT2D eigenvalue weighted by atomic mass is 10.4. The Morgan fingerprint density at radius 2 is 1.53 bits per heavy atom. The van der Waals surface area contributed by atoms with E-state index in [1.165, 1.54) is 4.31 Å². The summed E-state index contributed by atoms with van der Waals surface area (Å²) in [5.74, 6) is 0. The fraction of sp³-hybridized carbons (Fsp3) is 0.909. The fourth-order valence-electron chi connectivity index (χ4n) is 1.32. The van der Waals surface area contributed by atoms with Crippen LogP contribution < -0.4 is 5.32 Å². The van der Waals surface area contributed by atoms with Crippen LogP contribution in [0.4, 0.5) is 4.79 Å². The van der Waals surface area contributed by atoms with Crippen molar-refractivity contribution in [3.63, 3.8) is 0 Å². The van der Waals surface area contributed by atoms with E-state index in [2.05, 4.69) is 27.9 Å². The van der Waals surface area contributed by atoms with Crippen molar-refractivity contribution in [1.82, 2.24) is 19.4 Å². The first kappa shape index (κ1) is 16.5. The van der Waals surface area contributed by atoms with Crippen molar-refractivity contribution in [2.45, 2.75) is 12.8 Å². The number of nitrogens with zero attached hydrogens (tertiary/aromatic N) is 3. The smallest absolute Gasteiger partial charge is 0.327 e. The van der Waals surface area contributed by atoms with Crippen molar-refractivity contribution in [3.8, 4) is 0 Å². The number of rotatable bonds is 8. The fourth-order valence-corrected chi connectivity index (χ4v) is 1.53. The highest BCUT2D eigenvalue weighted by atomic mass is 32.1. The molecule has 0 fully saturated rings. The van der Waals surface area contributed by atoms with Crippen LogP contribution in [-0.4, -0.2) is 74.5 Å². The first-order chi connectivity index (χ1) is 7.93. The van der Waals surface area contributed by atoms with E-state index in [1.54, 1.807) is 0 Å². The van der Waals surface area contributed by atoms with E-state index in [9.17, 15) is 4.79 Å². The minimum Gasteiger partial charge on any atom is -0.337 e. The summed E-state index contributed by atoms with van der Waals surface area (Å²) < 4.78 is 1.44. The molecule has 0 heterocycles. The van der Waals surface area contributed by atoms with Gasteiger partial charge in [-0.2, -0.15) is 0 Å². The third-order valence-corrected chi connectivity index (χ3v) is 2.65. The monoisotopic (exact) mass is 262 g/mol. The third-order valence-electron chi connectivity index (χ3n) is 2.27. The Kier molecular flexibility index (Phi) is 9.30. The average Bonchev–Trinajstić information content (AvgIpc) is 2.23. The topological polar surface area (TPSA) is 38.8 Å². The van der Waals surface area contributed by atoms with E-state index >= 15 is 0 Å². The van der Waals surface area contributed by atoms with Crippen LogP contribution >= 0.6 is 12.8 Å². The van der Waals surface area contributed by atoms with Crippen LogP contribution in [0.15, 0.2) is 0 Å². The summed E-state index contributed by atoms with van der Waals surface area (Å²) >= 11 is 4.16. The predicted molar refractivity (Wildman–Crippen MR) is 75.4 cm³/mol. The van der Waals surface area contributed by atoms with Crippen molar-refractivity contribution in [1.29, 1.82) is 0 Å². The quantitative estimate of drug-likeness (QED) is 0.501. The van der Waals surface area contributed by atoms with E-state index in [-0.39, 0.29) is 6.03 Å². The normalized spacial score (nSPS) is 11.0. The number of hydrogen-bond acceptors (Lipinski definition) is 4. The number of urea groups is 1. The van der Waals surface area contributed by atoms with Gasteiger partial charge in [-0.05, 0) is 54.1 Å².